The highest BCUT2D eigenvalue weighted by molar-refractivity contribution is 5.92. The molecule has 0 aromatic carbocycles. The van der Waals surface area contributed by atoms with E-state index < -0.39 is 0 Å². The first-order valence-corrected chi connectivity index (χ1v) is 7.54. The summed E-state index contributed by atoms with van der Waals surface area (Å²) < 4.78 is 1.79. The van der Waals surface area contributed by atoms with E-state index in [2.05, 4.69) is 15.3 Å². The molecule has 2 aromatic heterocycles. The fourth-order valence-corrected chi connectivity index (χ4v) is 2.59. The maximum atomic E-state index is 12.2. The molecule has 1 aliphatic rings. The molecule has 0 atom stereocenters. The van der Waals surface area contributed by atoms with Crippen LogP contribution in [0.4, 0.5) is 0 Å². The lowest BCUT2D eigenvalue weighted by Gasteiger charge is -2.22. The summed E-state index contributed by atoms with van der Waals surface area (Å²) in [7, 11) is 1.00. The minimum Gasteiger partial charge on any atom is -0.400 e. The van der Waals surface area contributed by atoms with E-state index in [0.29, 0.717) is 17.6 Å². The Morgan fingerprint density at radius 1 is 1.32 bits per heavy atom. The molecule has 0 aliphatic heterocycles. The number of nitrogens with zero attached hydrogens (tertiary/aromatic N) is 3. The van der Waals surface area contributed by atoms with Gasteiger partial charge in [-0.2, -0.15) is 0 Å². The van der Waals surface area contributed by atoms with E-state index in [4.69, 9.17) is 5.11 Å². The Balaban J connectivity index is 0.000000849. The minimum absolute atomic E-state index is 0. The summed E-state index contributed by atoms with van der Waals surface area (Å²) in [6.45, 7) is 0. The molecule has 6 heteroatoms. The van der Waals surface area contributed by atoms with Gasteiger partial charge in [0.1, 0.15) is 17.8 Å². The van der Waals surface area contributed by atoms with Crippen molar-refractivity contribution >= 4 is 5.91 Å². The van der Waals surface area contributed by atoms with Gasteiger partial charge in [-0.25, -0.2) is 9.97 Å². The molecule has 1 aliphatic carbocycles. The molecule has 1 saturated carbocycles. The molecule has 2 aromatic rings. The van der Waals surface area contributed by atoms with E-state index in [1.54, 1.807) is 23.2 Å². The van der Waals surface area contributed by atoms with Gasteiger partial charge in [0, 0.05) is 27.0 Å². The van der Waals surface area contributed by atoms with Crippen LogP contribution >= 0.6 is 0 Å². The first-order valence-electron chi connectivity index (χ1n) is 7.54. The van der Waals surface area contributed by atoms with E-state index in [9.17, 15) is 4.79 Å². The molecule has 2 N–H and O–H groups in total. The monoisotopic (exact) mass is 304 g/mol. The first kappa shape index (κ1) is 16.2. The van der Waals surface area contributed by atoms with Gasteiger partial charge in [-0.05, 0) is 25.0 Å². The lowest BCUT2D eigenvalue weighted by molar-refractivity contribution is 0.0922. The normalized spacial score (nSPS) is 14.8. The largest absolute Gasteiger partial charge is 0.400 e. The molecule has 0 bridgehead atoms. The van der Waals surface area contributed by atoms with E-state index in [0.717, 1.165) is 20.0 Å². The standard InChI is InChI=1S/C15H18N4O.CH4O.H2/c20-15(17-12-5-2-1-3-6-12)13-7-4-8-14(18-13)19-10-9-16-11-19;1-2;/h4,7-12H,1-3,5-6H2,(H,17,20);2H,1H3;1H. The Morgan fingerprint density at radius 3 is 2.77 bits per heavy atom. The lowest BCUT2D eigenvalue weighted by Crippen LogP contribution is -2.36. The summed E-state index contributed by atoms with van der Waals surface area (Å²) in [4.78, 5) is 20.6. The fourth-order valence-electron chi connectivity index (χ4n) is 2.59. The zero-order valence-corrected chi connectivity index (χ0v) is 12.8. The number of carbonyl (C=O) groups is 1. The second-order valence-corrected chi connectivity index (χ2v) is 5.16. The van der Waals surface area contributed by atoms with Gasteiger partial charge in [0.15, 0.2) is 0 Å². The second-order valence-electron chi connectivity index (χ2n) is 5.16. The van der Waals surface area contributed by atoms with Gasteiger partial charge in [-0.1, -0.05) is 25.3 Å². The molecular formula is C16H24N4O2. The zero-order chi connectivity index (χ0) is 15.8. The van der Waals surface area contributed by atoms with Crippen LogP contribution in [0.3, 0.4) is 0 Å². The Kier molecular flexibility index (Phi) is 6.09. The molecule has 6 nitrogen and oxygen atoms in total. The highest BCUT2D eigenvalue weighted by atomic mass is 16.2. The lowest BCUT2D eigenvalue weighted by atomic mass is 9.95. The van der Waals surface area contributed by atoms with Gasteiger partial charge >= 0.3 is 0 Å². The van der Waals surface area contributed by atoms with Crippen molar-refractivity contribution in [3.05, 3.63) is 42.6 Å². The molecule has 1 amide bonds. The summed E-state index contributed by atoms with van der Waals surface area (Å²) in [6, 6.07) is 5.76. The van der Waals surface area contributed by atoms with E-state index in [-0.39, 0.29) is 7.33 Å². The average molecular weight is 304 g/mol. The van der Waals surface area contributed by atoms with Crippen molar-refractivity contribution in [3.63, 3.8) is 0 Å². The number of nitrogens with one attached hydrogen (secondary N) is 1. The van der Waals surface area contributed by atoms with E-state index >= 15 is 0 Å². The van der Waals surface area contributed by atoms with Crippen LogP contribution < -0.4 is 5.32 Å². The third-order valence-electron chi connectivity index (χ3n) is 3.68. The molecule has 0 radical (unpaired) electrons. The smallest absolute Gasteiger partial charge is 0.270 e. The number of pyridine rings is 1. The molecule has 22 heavy (non-hydrogen) atoms. The van der Waals surface area contributed by atoms with Gasteiger partial charge < -0.3 is 10.4 Å². The SMILES string of the molecule is CO.O=C(NC1CCCCC1)c1cccc(-n2ccnc2)n1.[HH]. The molecule has 0 saturated heterocycles. The minimum atomic E-state index is -0.0844. The number of aromatic nitrogens is 3. The van der Waals surface area contributed by atoms with Crippen LogP contribution in [0.2, 0.25) is 0 Å². The van der Waals surface area contributed by atoms with Gasteiger partial charge in [0.2, 0.25) is 0 Å². The van der Waals surface area contributed by atoms with Crippen molar-refractivity contribution in [2.75, 3.05) is 7.11 Å². The molecule has 120 valence electrons. The Morgan fingerprint density at radius 2 is 2.09 bits per heavy atom. The number of aliphatic hydroxyl groups is 1. The Labute approximate surface area is 131 Å². The highest BCUT2D eigenvalue weighted by Crippen LogP contribution is 2.17. The quantitative estimate of drug-likeness (QED) is 0.911. The highest BCUT2D eigenvalue weighted by Gasteiger charge is 2.17. The van der Waals surface area contributed by atoms with Crippen molar-refractivity contribution in [3.8, 4) is 5.82 Å². The van der Waals surface area contributed by atoms with Crippen LogP contribution in [0.1, 0.15) is 44.0 Å². The van der Waals surface area contributed by atoms with Gasteiger partial charge in [-0.15, -0.1) is 0 Å². The van der Waals surface area contributed by atoms with Gasteiger partial charge in [0.25, 0.3) is 5.91 Å². The molecule has 1 fully saturated rings. The van der Waals surface area contributed by atoms with Gasteiger partial charge in [0.05, 0.1) is 0 Å². The summed E-state index contributed by atoms with van der Waals surface area (Å²) in [6.07, 6.45) is 11.0. The van der Waals surface area contributed by atoms with Gasteiger partial charge in [-0.3, -0.25) is 9.36 Å². The number of hydrogen-bond donors (Lipinski definition) is 2. The van der Waals surface area contributed by atoms with Crippen LogP contribution in [0, 0.1) is 0 Å². The number of amides is 1. The topological polar surface area (TPSA) is 80.0 Å². The summed E-state index contributed by atoms with van der Waals surface area (Å²) in [5.74, 6) is 0.623. The van der Waals surface area contributed by atoms with Crippen molar-refractivity contribution in [1.82, 2.24) is 19.9 Å². The third kappa shape index (κ3) is 4.14. The maximum Gasteiger partial charge on any atom is 0.270 e. The first-order chi connectivity index (χ1) is 10.8. The molecule has 0 spiro atoms. The average Bonchev–Trinajstić information content (AvgIpc) is 3.12. The van der Waals surface area contributed by atoms with Crippen molar-refractivity contribution < 1.29 is 11.3 Å². The second kappa shape index (κ2) is 8.29. The number of imidazole rings is 1. The number of rotatable bonds is 3. The van der Waals surface area contributed by atoms with Crippen molar-refractivity contribution in [2.45, 2.75) is 38.1 Å². The van der Waals surface area contributed by atoms with Crippen LogP contribution in [-0.4, -0.2) is 38.7 Å². The van der Waals surface area contributed by atoms with Crippen LogP contribution in [-0.2, 0) is 0 Å². The number of carbonyl (C=O) groups excluding carboxylic acids is 1. The fraction of sp³-hybridized carbons (Fsp3) is 0.438. The molecular weight excluding hydrogens is 280 g/mol. The molecule has 2 heterocycles. The van der Waals surface area contributed by atoms with Crippen LogP contribution in [0.25, 0.3) is 5.82 Å². The van der Waals surface area contributed by atoms with E-state index in [1.807, 2.05) is 18.3 Å². The van der Waals surface area contributed by atoms with Crippen LogP contribution in [0.15, 0.2) is 36.9 Å². The predicted molar refractivity (Wildman–Crippen MR) is 86.0 cm³/mol. The molecule has 0 unspecified atom stereocenters. The van der Waals surface area contributed by atoms with E-state index in [1.165, 1.54) is 19.3 Å². The maximum absolute atomic E-state index is 12.2. The van der Waals surface area contributed by atoms with Crippen molar-refractivity contribution in [2.24, 2.45) is 0 Å². The molecule has 3 rings (SSSR count). The number of aliphatic hydroxyl groups excluding tert-OH is 1. The van der Waals surface area contributed by atoms with Crippen LogP contribution in [0.5, 0.6) is 0 Å². The summed E-state index contributed by atoms with van der Waals surface area (Å²) in [5.41, 5.74) is 0.460. The Bertz CT molecular complexity index is 584. The third-order valence-corrected chi connectivity index (χ3v) is 3.68. The zero-order valence-electron chi connectivity index (χ0n) is 12.8. The predicted octanol–water partition coefficient (Wildman–Crippen LogP) is 2.18. The van der Waals surface area contributed by atoms with Crippen molar-refractivity contribution in [1.29, 1.82) is 0 Å². The summed E-state index contributed by atoms with van der Waals surface area (Å²) in [5, 5.41) is 10.1. The summed E-state index contributed by atoms with van der Waals surface area (Å²) >= 11 is 0. The number of hydrogen-bond acceptors (Lipinski definition) is 4. The Hall–Kier alpha value is -2.21.